The number of likely N-dealkylation sites (tertiary alicyclic amines) is 1. The standard InChI is InChI=1S/C19H21F2N3O2/c1-26-19-16(23-18(21)11-22-19)12-24-8-6-13(7-9-24)17(25)10-14-4-2-3-5-15(14)20/h2-5,11,13H,6-10,12H2,1H3. The molecule has 0 saturated carbocycles. The molecule has 26 heavy (non-hydrogen) atoms. The Morgan fingerprint density at radius 2 is 2.00 bits per heavy atom. The maximum Gasteiger partial charge on any atom is 0.236 e. The molecule has 1 saturated heterocycles. The van der Waals surface area contributed by atoms with E-state index in [1.165, 1.54) is 13.2 Å². The lowest BCUT2D eigenvalue weighted by Gasteiger charge is -2.31. The number of halogens is 2. The van der Waals surface area contributed by atoms with Crippen LogP contribution in [-0.2, 0) is 17.8 Å². The Bertz CT molecular complexity index is 777. The summed E-state index contributed by atoms with van der Waals surface area (Å²) in [6.45, 7) is 1.80. The zero-order valence-corrected chi connectivity index (χ0v) is 14.6. The van der Waals surface area contributed by atoms with E-state index in [-0.39, 0.29) is 23.9 Å². The molecule has 0 radical (unpaired) electrons. The van der Waals surface area contributed by atoms with Gasteiger partial charge in [-0.1, -0.05) is 18.2 Å². The van der Waals surface area contributed by atoms with Crippen LogP contribution in [0.15, 0.2) is 30.5 Å². The SMILES string of the molecule is COc1ncc(F)nc1CN1CCC(C(=O)Cc2ccccc2F)CC1. The number of Topliss-reactive ketones (excluding diaryl/α,β-unsaturated/α-hetero) is 1. The van der Waals surface area contributed by atoms with E-state index in [0.717, 1.165) is 6.20 Å². The molecule has 3 rings (SSSR count). The second kappa shape index (κ2) is 8.31. The molecule has 0 amide bonds. The first-order valence-electron chi connectivity index (χ1n) is 8.60. The molecule has 2 heterocycles. The van der Waals surface area contributed by atoms with E-state index in [2.05, 4.69) is 14.9 Å². The third kappa shape index (κ3) is 4.40. The predicted octanol–water partition coefficient (Wildman–Crippen LogP) is 2.79. The summed E-state index contributed by atoms with van der Waals surface area (Å²) in [5.41, 5.74) is 0.892. The Hall–Kier alpha value is -2.41. The highest BCUT2D eigenvalue weighted by Crippen LogP contribution is 2.23. The van der Waals surface area contributed by atoms with Crippen molar-refractivity contribution in [1.29, 1.82) is 0 Å². The van der Waals surface area contributed by atoms with Gasteiger partial charge in [0.15, 0.2) is 0 Å². The number of hydrogen-bond acceptors (Lipinski definition) is 5. The molecule has 1 aliphatic heterocycles. The van der Waals surface area contributed by atoms with E-state index < -0.39 is 5.95 Å². The molecule has 138 valence electrons. The molecule has 0 atom stereocenters. The van der Waals surface area contributed by atoms with E-state index in [1.807, 2.05) is 0 Å². The van der Waals surface area contributed by atoms with E-state index >= 15 is 0 Å². The summed E-state index contributed by atoms with van der Waals surface area (Å²) in [4.78, 5) is 22.3. The summed E-state index contributed by atoms with van der Waals surface area (Å²) < 4.78 is 32.2. The molecule has 1 fully saturated rings. The predicted molar refractivity (Wildman–Crippen MR) is 91.7 cm³/mol. The summed E-state index contributed by atoms with van der Waals surface area (Å²) in [5.74, 6) is -0.681. The van der Waals surface area contributed by atoms with Gasteiger partial charge in [0.1, 0.15) is 17.3 Å². The van der Waals surface area contributed by atoms with Gasteiger partial charge in [0, 0.05) is 18.9 Å². The maximum absolute atomic E-state index is 13.7. The van der Waals surface area contributed by atoms with Gasteiger partial charge in [0.25, 0.3) is 0 Å². The largest absolute Gasteiger partial charge is 0.480 e. The molecule has 1 aliphatic rings. The fourth-order valence-electron chi connectivity index (χ4n) is 3.26. The molecular formula is C19H21F2N3O2. The minimum Gasteiger partial charge on any atom is -0.480 e. The molecular weight excluding hydrogens is 340 g/mol. The first-order valence-corrected chi connectivity index (χ1v) is 8.60. The highest BCUT2D eigenvalue weighted by Gasteiger charge is 2.26. The number of ether oxygens (including phenoxy) is 1. The Kier molecular flexibility index (Phi) is 5.88. The van der Waals surface area contributed by atoms with Gasteiger partial charge in [-0.2, -0.15) is 4.39 Å². The third-order valence-corrected chi connectivity index (χ3v) is 4.71. The number of benzene rings is 1. The van der Waals surface area contributed by atoms with Crippen molar-refractivity contribution in [3.05, 3.63) is 53.5 Å². The van der Waals surface area contributed by atoms with E-state index in [1.54, 1.807) is 18.2 Å². The Morgan fingerprint density at radius 3 is 2.69 bits per heavy atom. The van der Waals surface area contributed by atoms with Gasteiger partial charge in [-0.15, -0.1) is 0 Å². The highest BCUT2D eigenvalue weighted by molar-refractivity contribution is 5.83. The smallest absolute Gasteiger partial charge is 0.236 e. The fourth-order valence-corrected chi connectivity index (χ4v) is 3.26. The van der Waals surface area contributed by atoms with Gasteiger partial charge in [-0.05, 0) is 37.6 Å². The second-order valence-electron chi connectivity index (χ2n) is 6.43. The van der Waals surface area contributed by atoms with Gasteiger partial charge < -0.3 is 4.74 Å². The molecule has 0 aliphatic carbocycles. The molecule has 1 aromatic carbocycles. The normalized spacial score (nSPS) is 15.8. The van der Waals surface area contributed by atoms with Crippen molar-refractivity contribution in [1.82, 2.24) is 14.9 Å². The van der Waals surface area contributed by atoms with Crippen molar-refractivity contribution < 1.29 is 18.3 Å². The van der Waals surface area contributed by atoms with Crippen molar-refractivity contribution in [2.75, 3.05) is 20.2 Å². The van der Waals surface area contributed by atoms with Gasteiger partial charge >= 0.3 is 0 Å². The molecule has 0 N–H and O–H groups in total. The zero-order valence-electron chi connectivity index (χ0n) is 14.6. The van der Waals surface area contributed by atoms with Gasteiger partial charge in [0.2, 0.25) is 11.8 Å². The van der Waals surface area contributed by atoms with Crippen LogP contribution in [0.5, 0.6) is 5.88 Å². The summed E-state index contributed by atoms with van der Waals surface area (Å²) in [5, 5.41) is 0. The Morgan fingerprint density at radius 1 is 1.27 bits per heavy atom. The number of piperidine rings is 1. The Labute approximate surface area is 151 Å². The number of aromatic nitrogens is 2. The topological polar surface area (TPSA) is 55.3 Å². The van der Waals surface area contributed by atoms with Crippen molar-refractivity contribution in [3.63, 3.8) is 0 Å². The molecule has 5 nitrogen and oxygen atoms in total. The monoisotopic (exact) mass is 361 g/mol. The van der Waals surface area contributed by atoms with E-state index in [4.69, 9.17) is 4.74 Å². The molecule has 0 spiro atoms. The van der Waals surface area contributed by atoms with Gasteiger partial charge in [-0.3, -0.25) is 9.69 Å². The lowest BCUT2D eigenvalue weighted by atomic mass is 9.89. The maximum atomic E-state index is 13.7. The first kappa shape index (κ1) is 18.4. The lowest BCUT2D eigenvalue weighted by molar-refractivity contribution is -0.123. The van der Waals surface area contributed by atoms with Crippen LogP contribution in [0.2, 0.25) is 0 Å². The minimum absolute atomic E-state index is 0.0675. The summed E-state index contributed by atoms with van der Waals surface area (Å²) in [6.07, 6.45) is 2.53. The number of rotatable bonds is 6. The minimum atomic E-state index is -0.643. The molecule has 7 heteroatoms. The lowest BCUT2D eigenvalue weighted by Crippen LogP contribution is -2.36. The van der Waals surface area contributed by atoms with Crippen LogP contribution in [0.25, 0.3) is 0 Å². The van der Waals surface area contributed by atoms with Gasteiger partial charge in [-0.25, -0.2) is 14.4 Å². The van der Waals surface area contributed by atoms with Crippen molar-refractivity contribution in [2.24, 2.45) is 5.92 Å². The molecule has 0 bridgehead atoms. The van der Waals surface area contributed by atoms with Crippen molar-refractivity contribution in [2.45, 2.75) is 25.8 Å². The number of ketones is 1. The zero-order chi connectivity index (χ0) is 18.5. The molecule has 1 aromatic heterocycles. The second-order valence-corrected chi connectivity index (χ2v) is 6.43. The van der Waals surface area contributed by atoms with Crippen LogP contribution < -0.4 is 4.74 Å². The molecule has 2 aromatic rings. The first-order chi connectivity index (χ1) is 12.6. The van der Waals surface area contributed by atoms with Gasteiger partial charge in [0.05, 0.1) is 13.3 Å². The van der Waals surface area contributed by atoms with Crippen LogP contribution in [0.3, 0.4) is 0 Å². The third-order valence-electron chi connectivity index (χ3n) is 4.71. The number of nitrogens with zero attached hydrogens (tertiary/aromatic N) is 3. The number of hydrogen-bond donors (Lipinski definition) is 0. The number of carbonyl (C=O) groups is 1. The van der Waals surface area contributed by atoms with Crippen molar-refractivity contribution in [3.8, 4) is 5.88 Å². The van der Waals surface area contributed by atoms with Crippen LogP contribution in [0.1, 0.15) is 24.1 Å². The van der Waals surface area contributed by atoms with Crippen LogP contribution in [0.4, 0.5) is 8.78 Å². The molecule has 0 unspecified atom stereocenters. The highest BCUT2D eigenvalue weighted by atomic mass is 19.1. The Balaban J connectivity index is 1.55. The van der Waals surface area contributed by atoms with Crippen LogP contribution in [-0.4, -0.2) is 40.9 Å². The summed E-state index contributed by atoms with van der Waals surface area (Å²) >= 11 is 0. The van der Waals surface area contributed by atoms with Crippen molar-refractivity contribution >= 4 is 5.78 Å². The van der Waals surface area contributed by atoms with E-state index in [9.17, 15) is 13.6 Å². The summed E-state index contributed by atoms with van der Waals surface area (Å²) in [7, 11) is 1.47. The van der Waals surface area contributed by atoms with E-state index in [0.29, 0.717) is 49.6 Å². The summed E-state index contributed by atoms with van der Waals surface area (Å²) in [6, 6.07) is 6.38. The number of methoxy groups -OCH3 is 1. The average Bonchev–Trinajstić information content (AvgIpc) is 2.64. The van der Waals surface area contributed by atoms with Crippen LogP contribution in [0, 0.1) is 17.7 Å². The quantitative estimate of drug-likeness (QED) is 0.792. The average molecular weight is 361 g/mol. The fraction of sp³-hybridized carbons (Fsp3) is 0.421. The number of carbonyl (C=O) groups excluding carboxylic acids is 1. The van der Waals surface area contributed by atoms with Crippen LogP contribution >= 0.6 is 0 Å².